The van der Waals surface area contributed by atoms with Crippen molar-refractivity contribution in [2.45, 2.75) is 49.9 Å². The van der Waals surface area contributed by atoms with Crippen LogP contribution in [0.5, 0.6) is 0 Å². The van der Waals surface area contributed by atoms with Gasteiger partial charge in [0.25, 0.3) is 11.5 Å². The quantitative estimate of drug-likeness (QED) is 0.460. The first-order valence-corrected chi connectivity index (χ1v) is 12.5. The number of hydrogen-bond donors (Lipinski definition) is 3. The van der Waals surface area contributed by atoms with Crippen molar-refractivity contribution < 1.29 is 33.0 Å². The summed E-state index contributed by atoms with van der Waals surface area (Å²) >= 11 is 1.30. The Balaban J connectivity index is 1.40. The minimum Gasteiger partial charge on any atom is -0.478 e. The third-order valence-electron chi connectivity index (χ3n) is 6.89. The molecule has 2 aromatic heterocycles. The van der Waals surface area contributed by atoms with Crippen molar-refractivity contribution in [2.75, 3.05) is 6.54 Å². The van der Waals surface area contributed by atoms with Gasteiger partial charge in [-0.25, -0.2) is 9.78 Å². The van der Waals surface area contributed by atoms with Crippen molar-refractivity contribution in [2.24, 2.45) is 0 Å². The van der Waals surface area contributed by atoms with E-state index in [1.807, 2.05) is 0 Å². The average molecular weight is 534 g/mol. The first-order chi connectivity index (χ1) is 17.5. The predicted octanol–water partition coefficient (Wildman–Crippen LogP) is 3.64. The molecule has 0 spiro atoms. The van der Waals surface area contributed by atoms with E-state index in [0.717, 1.165) is 23.1 Å². The molecule has 5 rings (SSSR count). The molecule has 0 unspecified atom stereocenters. The number of H-pyrrole nitrogens is 1. The van der Waals surface area contributed by atoms with Crippen molar-refractivity contribution in [3.63, 3.8) is 0 Å². The summed E-state index contributed by atoms with van der Waals surface area (Å²) in [5.41, 5.74) is -1.18. The molecule has 0 radical (unpaired) electrons. The second-order valence-corrected chi connectivity index (χ2v) is 10.2. The third-order valence-corrected chi connectivity index (χ3v) is 8.02. The van der Waals surface area contributed by atoms with E-state index in [1.165, 1.54) is 22.3 Å². The van der Waals surface area contributed by atoms with Gasteiger partial charge in [0.05, 0.1) is 34.3 Å². The predicted molar refractivity (Wildman–Crippen MR) is 126 cm³/mol. The molecule has 1 amide bonds. The summed E-state index contributed by atoms with van der Waals surface area (Å²) in [5, 5.41) is 21.4. The van der Waals surface area contributed by atoms with Crippen LogP contribution in [0.2, 0.25) is 0 Å². The van der Waals surface area contributed by atoms with Crippen LogP contribution in [-0.2, 0) is 29.4 Å². The molecule has 8 nitrogen and oxygen atoms in total. The Morgan fingerprint density at radius 1 is 1.22 bits per heavy atom. The summed E-state index contributed by atoms with van der Waals surface area (Å²) < 4.78 is 39.2. The monoisotopic (exact) mass is 533 g/mol. The topological polar surface area (TPSA) is 124 Å². The lowest BCUT2D eigenvalue weighted by Crippen LogP contribution is -2.36. The number of benzene rings is 1. The number of aromatic carboxylic acids is 1. The highest BCUT2D eigenvalue weighted by atomic mass is 32.1. The SMILES string of the molecule is O=C(O)c1csc(C2(c3nc4c(c(=O)[nH]3)CN(C(=O)[C@H](O)c3cccc(C(F)(F)F)c3)CCC4)CC2)c1. The first kappa shape index (κ1) is 25.2. The number of alkyl halides is 3. The zero-order valence-electron chi connectivity index (χ0n) is 19.3. The molecule has 1 aromatic carbocycles. The van der Waals surface area contributed by atoms with E-state index < -0.39 is 40.7 Å². The fourth-order valence-corrected chi connectivity index (χ4v) is 5.81. The number of aliphatic hydroxyl groups excluding tert-OH is 1. The van der Waals surface area contributed by atoms with Crippen molar-refractivity contribution in [3.8, 4) is 0 Å². The van der Waals surface area contributed by atoms with Gasteiger partial charge in [-0.15, -0.1) is 11.3 Å². The number of aryl methyl sites for hydroxylation is 1. The lowest BCUT2D eigenvalue weighted by Gasteiger charge is -2.24. The molecule has 3 aromatic rings. The third kappa shape index (κ3) is 4.66. The van der Waals surface area contributed by atoms with Crippen LogP contribution in [0.1, 0.15) is 68.8 Å². The molecule has 1 aliphatic carbocycles. The standard InChI is InChI=1S/C25H22F3N3O5S/c26-25(27,28)15-4-1-3-13(9-15)19(32)21(34)31-8-2-5-17-16(11-31)20(33)30-23(29-17)24(6-7-24)18-10-14(12-37-18)22(35)36/h1,3-4,9-10,12,19,32H,2,5-8,11H2,(H,35,36)(H,29,30,33)/t19-/m1/s1. The average Bonchev–Trinajstić information content (AvgIpc) is 3.57. The van der Waals surface area contributed by atoms with Crippen LogP contribution in [0.25, 0.3) is 0 Å². The van der Waals surface area contributed by atoms with Crippen LogP contribution in [0.3, 0.4) is 0 Å². The Bertz CT molecular complexity index is 1440. The number of rotatable bonds is 5. The number of fused-ring (bicyclic) bond motifs is 1. The molecule has 194 valence electrons. The number of aliphatic hydroxyl groups is 1. The van der Waals surface area contributed by atoms with Crippen molar-refractivity contribution in [3.05, 3.63) is 84.7 Å². The van der Waals surface area contributed by atoms with Gasteiger partial charge in [0.1, 0.15) is 5.82 Å². The molecule has 1 aliphatic heterocycles. The minimum atomic E-state index is -4.62. The van der Waals surface area contributed by atoms with Crippen LogP contribution in [0, 0.1) is 0 Å². The Labute approximate surface area is 212 Å². The maximum Gasteiger partial charge on any atom is 0.416 e. The van der Waals surface area contributed by atoms with Gasteiger partial charge >= 0.3 is 12.1 Å². The number of hydrogen-bond acceptors (Lipinski definition) is 6. The second-order valence-electron chi connectivity index (χ2n) is 9.32. The molecule has 12 heteroatoms. The number of nitrogens with one attached hydrogen (secondary N) is 1. The number of halogens is 3. The van der Waals surface area contributed by atoms with Gasteiger partial charge in [-0.1, -0.05) is 12.1 Å². The van der Waals surface area contributed by atoms with E-state index in [9.17, 15) is 37.8 Å². The molecule has 3 N–H and O–H groups in total. The molecule has 1 fully saturated rings. The van der Waals surface area contributed by atoms with Crippen LogP contribution >= 0.6 is 11.3 Å². The van der Waals surface area contributed by atoms with E-state index in [2.05, 4.69) is 4.98 Å². The van der Waals surface area contributed by atoms with Gasteiger partial charge in [0, 0.05) is 16.8 Å². The van der Waals surface area contributed by atoms with E-state index >= 15 is 0 Å². The highest BCUT2D eigenvalue weighted by molar-refractivity contribution is 7.10. The summed E-state index contributed by atoms with van der Waals surface area (Å²) in [6, 6.07) is 5.57. The molecular formula is C25H22F3N3O5S. The number of carboxylic acid groups (broad SMARTS) is 1. The largest absolute Gasteiger partial charge is 0.478 e. The van der Waals surface area contributed by atoms with Gasteiger partial charge in [-0.2, -0.15) is 13.2 Å². The molecule has 37 heavy (non-hydrogen) atoms. The number of amides is 1. The molecular weight excluding hydrogens is 511 g/mol. The number of thiophene rings is 1. The number of aromatic nitrogens is 2. The maximum absolute atomic E-state index is 13.1. The summed E-state index contributed by atoms with van der Waals surface area (Å²) in [7, 11) is 0. The smallest absolute Gasteiger partial charge is 0.416 e. The lowest BCUT2D eigenvalue weighted by atomic mass is 10.0. The van der Waals surface area contributed by atoms with Crippen LogP contribution < -0.4 is 5.56 Å². The van der Waals surface area contributed by atoms with Gasteiger partial charge in [-0.3, -0.25) is 9.59 Å². The fourth-order valence-electron chi connectivity index (χ4n) is 4.66. The fraction of sp³-hybridized carbons (Fsp3) is 0.360. The Morgan fingerprint density at radius 2 is 1.97 bits per heavy atom. The Morgan fingerprint density at radius 3 is 2.62 bits per heavy atom. The minimum absolute atomic E-state index is 0.137. The van der Waals surface area contributed by atoms with Gasteiger partial charge in [-0.05, 0) is 49.4 Å². The number of nitrogens with zero attached hydrogens (tertiary/aromatic N) is 2. The number of carbonyl (C=O) groups is 2. The summed E-state index contributed by atoms with van der Waals surface area (Å²) in [4.78, 5) is 47.0. The number of carboxylic acids is 1. The van der Waals surface area contributed by atoms with Gasteiger partial charge in [0.15, 0.2) is 6.10 Å². The summed E-state index contributed by atoms with van der Waals surface area (Å²) in [6.07, 6.45) is -4.17. The molecule has 0 saturated heterocycles. The van der Waals surface area contributed by atoms with E-state index in [1.54, 1.807) is 11.4 Å². The zero-order chi connectivity index (χ0) is 26.5. The van der Waals surface area contributed by atoms with Gasteiger partial charge < -0.3 is 20.1 Å². The lowest BCUT2D eigenvalue weighted by molar-refractivity contribution is -0.142. The first-order valence-electron chi connectivity index (χ1n) is 11.6. The molecule has 3 heterocycles. The van der Waals surface area contributed by atoms with Crippen molar-refractivity contribution in [1.29, 1.82) is 0 Å². The van der Waals surface area contributed by atoms with Crippen LogP contribution in [0.15, 0.2) is 40.5 Å². The summed E-state index contributed by atoms with van der Waals surface area (Å²) in [5.74, 6) is -1.37. The highest BCUT2D eigenvalue weighted by Gasteiger charge is 2.50. The van der Waals surface area contributed by atoms with Crippen LogP contribution in [-0.4, -0.2) is 43.5 Å². The van der Waals surface area contributed by atoms with E-state index in [4.69, 9.17) is 4.98 Å². The highest BCUT2D eigenvalue weighted by Crippen LogP contribution is 2.54. The zero-order valence-corrected chi connectivity index (χ0v) is 20.2. The van der Waals surface area contributed by atoms with Crippen LogP contribution in [0.4, 0.5) is 13.2 Å². The number of carbonyl (C=O) groups excluding carboxylic acids is 1. The molecule has 0 bridgehead atoms. The normalized spacial score (nSPS) is 17.6. The van der Waals surface area contributed by atoms with Crippen molar-refractivity contribution in [1.82, 2.24) is 14.9 Å². The van der Waals surface area contributed by atoms with E-state index in [0.29, 0.717) is 37.2 Å². The van der Waals surface area contributed by atoms with Gasteiger partial charge in [0.2, 0.25) is 0 Å². The number of aromatic amines is 1. The maximum atomic E-state index is 13.1. The molecule has 1 atom stereocenters. The second kappa shape index (κ2) is 9.10. The molecule has 2 aliphatic rings. The Kier molecular flexibility index (Phi) is 6.19. The molecule has 1 saturated carbocycles. The van der Waals surface area contributed by atoms with Crippen molar-refractivity contribution >= 4 is 23.2 Å². The van der Waals surface area contributed by atoms with E-state index in [-0.39, 0.29) is 29.8 Å². The Hall–Kier alpha value is -3.51. The summed E-state index contributed by atoms with van der Waals surface area (Å²) in [6.45, 7) is 0.0555.